The van der Waals surface area contributed by atoms with E-state index >= 15 is 0 Å². The van der Waals surface area contributed by atoms with Crippen LogP contribution in [0.2, 0.25) is 0 Å². The van der Waals surface area contributed by atoms with Crippen molar-refractivity contribution in [3.63, 3.8) is 0 Å². The van der Waals surface area contributed by atoms with Crippen molar-refractivity contribution in [1.82, 2.24) is 24.2 Å². The molecule has 1 amide bonds. The van der Waals surface area contributed by atoms with Crippen LogP contribution in [0.4, 0.5) is 27.7 Å². The maximum Gasteiger partial charge on any atom is 0.246 e. The van der Waals surface area contributed by atoms with E-state index in [1.165, 1.54) is 13.2 Å². The van der Waals surface area contributed by atoms with Crippen LogP contribution in [0.25, 0.3) is 10.8 Å². The number of nitrogens with zero attached hydrogens (tertiary/aromatic N) is 7. The maximum absolute atomic E-state index is 14.6. The Morgan fingerprint density at radius 2 is 1.80 bits per heavy atom. The van der Waals surface area contributed by atoms with Crippen molar-refractivity contribution in [1.29, 1.82) is 0 Å². The number of anilines is 4. The zero-order chi connectivity index (χ0) is 34.1. The quantitative estimate of drug-likeness (QED) is 0.336. The number of sulfonamides is 1. The molecule has 6 heterocycles. The third-order valence-electron chi connectivity index (χ3n) is 10.5. The van der Waals surface area contributed by atoms with E-state index in [1.807, 2.05) is 22.1 Å². The monoisotopic (exact) mass is 692 g/mol. The molecule has 4 aliphatic heterocycles. The Hall–Kier alpha value is -3.88. The van der Waals surface area contributed by atoms with Gasteiger partial charge in [-0.1, -0.05) is 12.6 Å². The number of halogens is 1. The van der Waals surface area contributed by atoms with Gasteiger partial charge in [-0.2, -0.15) is 9.29 Å². The minimum Gasteiger partial charge on any atom is -0.378 e. The lowest BCUT2D eigenvalue weighted by Gasteiger charge is -2.40. The van der Waals surface area contributed by atoms with E-state index in [9.17, 15) is 17.6 Å². The molecule has 0 saturated carbocycles. The number of aromatic nitrogens is 3. The molecule has 14 heteroatoms. The normalized spacial score (nSPS) is 25.1. The summed E-state index contributed by atoms with van der Waals surface area (Å²) in [6.07, 6.45) is 8.85. The number of amides is 1. The molecule has 4 saturated heterocycles. The summed E-state index contributed by atoms with van der Waals surface area (Å²) in [5, 5.41) is 5.30. The Bertz CT molecular complexity index is 1800. The average molecular weight is 693 g/mol. The van der Waals surface area contributed by atoms with Gasteiger partial charge in [0, 0.05) is 69.3 Å². The summed E-state index contributed by atoms with van der Waals surface area (Å²) in [5.41, 5.74) is 2.09. The number of methoxy groups -OCH3 is 1. The second-order valence-corrected chi connectivity index (χ2v) is 15.5. The van der Waals surface area contributed by atoms with Gasteiger partial charge >= 0.3 is 0 Å². The number of likely N-dealkylation sites (tertiary alicyclic amines) is 1. The van der Waals surface area contributed by atoms with Gasteiger partial charge in [-0.25, -0.2) is 22.8 Å². The molecule has 2 aromatic heterocycles. The van der Waals surface area contributed by atoms with E-state index in [-0.39, 0.29) is 30.3 Å². The summed E-state index contributed by atoms with van der Waals surface area (Å²) < 4.78 is 47.3. The zero-order valence-corrected chi connectivity index (χ0v) is 28.8. The number of hydrogen-bond donors (Lipinski definition) is 1. The first kappa shape index (κ1) is 33.6. The lowest BCUT2D eigenvalue weighted by atomic mass is 9.95. The Labute approximate surface area is 287 Å². The van der Waals surface area contributed by atoms with Crippen molar-refractivity contribution in [2.75, 3.05) is 67.2 Å². The smallest absolute Gasteiger partial charge is 0.246 e. The summed E-state index contributed by atoms with van der Waals surface area (Å²) >= 11 is 0. The zero-order valence-electron chi connectivity index (χ0n) is 28.0. The number of rotatable bonds is 8. The number of piperidine rings is 2. The fourth-order valence-corrected chi connectivity index (χ4v) is 9.87. The van der Waals surface area contributed by atoms with Crippen LogP contribution in [0.3, 0.4) is 0 Å². The van der Waals surface area contributed by atoms with Gasteiger partial charge in [0.2, 0.25) is 21.9 Å². The Kier molecular flexibility index (Phi) is 9.71. The van der Waals surface area contributed by atoms with E-state index in [1.54, 1.807) is 16.6 Å². The number of alkyl halides is 1. The summed E-state index contributed by atoms with van der Waals surface area (Å²) in [6.45, 7) is 7.25. The van der Waals surface area contributed by atoms with E-state index < -0.39 is 22.3 Å². The number of fused-ring (bicyclic) bond motifs is 1. The number of nitrogens with one attached hydrogen (secondary N) is 1. The number of benzene rings is 1. The Morgan fingerprint density at radius 1 is 0.980 bits per heavy atom. The van der Waals surface area contributed by atoms with Crippen molar-refractivity contribution >= 4 is 50.0 Å². The minimum atomic E-state index is -3.19. The highest BCUT2D eigenvalue weighted by Crippen LogP contribution is 2.41. The van der Waals surface area contributed by atoms with E-state index in [0.717, 1.165) is 73.6 Å². The molecule has 4 aliphatic rings. The van der Waals surface area contributed by atoms with Gasteiger partial charge in [-0.3, -0.25) is 4.79 Å². The number of hydrogen-bond acceptors (Lipinski definition) is 10. The highest BCUT2D eigenvalue weighted by Gasteiger charge is 2.36. The maximum atomic E-state index is 14.6. The molecule has 7 rings (SSSR count). The summed E-state index contributed by atoms with van der Waals surface area (Å²) in [5.74, 6) is 1.73. The second kappa shape index (κ2) is 14.2. The van der Waals surface area contributed by atoms with Crippen LogP contribution < -0.4 is 15.1 Å². The molecule has 262 valence electrons. The standard InChI is InChI=1S/C35H45FN8O4S/c1-3-34(45)43-15-6-7-30(43)25-8-9-29(41-17-11-24(12-18-41)44-16-4-5-20-49(44,46)47)27-22-38-33(21-26(25)27)39-32-10-14-37-35(40-32)42-19-13-31(48-2)28(36)23-42/h3,8-10,14,21-22,24,28,30-31H,1,4-7,11-13,15-20,23H2,2H3,(H,37,38,39,40)/t28-,30+,31+/m0/s1. The molecule has 0 bridgehead atoms. The topological polar surface area (TPSA) is 124 Å². The molecule has 0 spiro atoms. The molecule has 0 radical (unpaired) electrons. The van der Waals surface area contributed by atoms with Gasteiger partial charge in [0.05, 0.1) is 24.4 Å². The third kappa shape index (κ3) is 6.82. The molecular weight excluding hydrogens is 648 g/mol. The van der Waals surface area contributed by atoms with Crippen molar-refractivity contribution < 1.29 is 22.3 Å². The number of ether oxygens (including phenoxy) is 1. The van der Waals surface area contributed by atoms with Crippen LogP contribution in [-0.2, 0) is 19.6 Å². The second-order valence-electron chi connectivity index (χ2n) is 13.4. The molecule has 0 aliphatic carbocycles. The van der Waals surface area contributed by atoms with E-state index in [2.05, 4.69) is 38.9 Å². The van der Waals surface area contributed by atoms with Gasteiger partial charge in [0.15, 0.2) is 0 Å². The molecule has 1 N–H and O–H groups in total. The predicted octanol–water partition coefficient (Wildman–Crippen LogP) is 4.58. The number of carbonyl (C=O) groups excluding carboxylic acids is 1. The van der Waals surface area contributed by atoms with Gasteiger partial charge in [-0.05, 0) is 80.2 Å². The lowest BCUT2D eigenvalue weighted by Crippen LogP contribution is -2.50. The summed E-state index contributed by atoms with van der Waals surface area (Å²) in [7, 11) is -1.66. The highest BCUT2D eigenvalue weighted by atomic mass is 32.2. The van der Waals surface area contributed by atoms with Crippen LogP contribution in [0, 0.1) is 0 Å². The number of pyridine rings is 1. The molecule has 3 aromatic rings. The fourth-order valence-electron chi connectivity index (χ4n) is 8.00. The lowest BCUT2D eigenvalue weighted by molar-refractivity contribution is -0.126. The average Bonchev–Trinajstić information content (AvgIpc) is 3.61. The summed E-state index contributed by atoms with van der Waals surface area (Å²) in [6, 6.07) is 7.96. The van der Waals surface area contributed by atoms with E-state index in [0.29, 0.717) is 43.6 Å². The first-order valence-electron chi connectivity index (χ1n) is 17.4. The van der Waals surface area contributed by atoms with Crippen molar-refractivity contribution in [2.45, 2.75) is 69.3 Å². The van der Waals surface area contributed by atoms with Crippen LogP contribution in [0.15, 0.2) is 49.3 Å². The Morgan fingerprint density at radius 3 is 2.55 bits per heavy atom. The first-order chi connectivity index (χ1) is 23.8. The largest absolute Gasteiger partial charge is 0.378 e. The molecular formula is C35H45FN8O4S. The van der Waals surface area contributed by atoms with Gasteiger partial charge in [0.1, 0.15) is 17.8 Å². The van der Waals surface area contributed by atoms with Crippen LogP contribution in [0.5, 0.6) is 0 Å². The molecule has 1 aromatic carbocycles. The van der Waals surface area contributed by atoms with Crippen LogP contribution >= 0.6 is 0 Å². The van der Waals surface area contributed by atoms with Crippen LogP contribution in [-0.4, -0.2) is 109 Å². The highest BCUT2D eigenvalue weighted by molar-refractivity contribution is 7.89. The van der Waals surface area contributed by atoms with Crippen LogP contribution in [0.1, 0.15) is 56.6 Å². The predicted molar refractivity (Wildman–Crippen MR) is 188 cm³/mol. The molecule has 4 fully saturated rings. The van der Waals surface area contributed by atoms with Crippen molar-refractivity contribution in [2.24, 2.45) is 0 Å². The van der Waals surface area contributed by atoms with Gasteiger partial charge in [-0.15, -0.1) is 0 Å². The number of carbonyl (C=O) groups is 1. The molecule has 0 unspecified atom stereocenters. The third-order valence-corrected chi connectivity index (χ3v) is 12.5. The van der Waals surface area contributed by atoms with E-state index in [4.69, 9.17) is 9.72 Å². The fraction of sp³-hybridized carbons (Fsp3) is 0.543. The Balaban J connectivity index is 1.18. The molecule has 12 nitrogen and oxygen atoms in total. The van der Waals surface area contributed by atoms with Crippen molar-refractivity contribution in [3.8, 4) is 0 Å². The SMILES string of the molecule is C=CC(=O)N1CCC[C@@H]1c1ccc(N2CCC(N3CCCCS3(=O)=O)CC2)c2cnc(Nc3ccnc(N4CC[C@@H](OC)[C@@H](F)C4)n3)cc12. The molecule has 49 heavy (non-hydrogen) atoms. The molecule has 3 atom stereocenters. The van der Waals surface area contributed by atoms with Gasteiger partial charge in [0.25, 0.3) is 0 Å². The van der Waals surface area contributed by atoms with Gasteiger partial charge < -0.3 is 24.8 Å². The summed E-state index contributed by atoms with van der Waals surface area (Å²) in [4.78, 5) is 32.8. The van der Waals surface area contributed by atoms with Crippen molar-refractivity contribution in [3.05, 3.63) is 54.9 Å². The first-order valence-corrected chi connectivity index (χ1v) is 19.0. The minimum absolute atomic E-state index is 0.0258.